The molecular weight excluding hydrogens is 414 g/mol. The zero-order chi connectivity index (χ0) is 22.6. The molecule has 0 aliphatic carbocycles. The highest BCUT2D eigenvalue weighted by atomic mass is 16.6. The number of nitrogens with zero attached hydrogens (tertiary/aromatic N) is 5. The van der Waals surface area contributed by atoms with Gasteiger partial charge in [0.25, 0.3) is 0 Å². The van der Waals surface area contributed by atoms with Crippen LogP contribution in [0.5, 0.6) is 0 Å². The highest BCUT2D eigenvalue weighted by molar-refractivity contribution is 5.75. The molecule has 1 amide bonds. The van der Waals surface area contributed by atoms with Gasteiger partial charge < -0.3 is 23.8 Å². The number of amides is 1. The summed E-state index contributed by atoms with van der Waals surface area (Å²) in [5.41, 5.74) is 1.73. The van der Waals surface area contributed by atoms with Gasteiger partial charge in [-0.25, -0.2) is 4.68 Å². The van der Waals surface area contributed by atoms with Gasteiger partial charge in [0.05, 0.1) is 58.4 Å². The van der Waals surface area contributed by atoms with Crippen molar-refractivity contribution < 1.29 is 23.7 Å². The van der Waals surface area contributed by atoms with Gasteiger partial charge in [-0.15, -0.1) is 5.10 Å². The lowest BCUT2D eigenvalue weighted by atomic mass is 10.2. The number of para-hydroxylation sites is 1. The standard InChI is InChI=1S/C22H35N5O5/c1-19(28)25(2)22(27-21-6-4-3-5-20(21)23-24-27)7-8-26-9-11-29-13-15-31-17-18-32-16-14-30-12-10-26/h3-6,22H,7-18H2,1-2H3. The van der Waals surface area contributed by atoms with Crippen molar-refractivity contribution in [3.8, 4) is 0 Å². The molecule has 1 saturated heterocycles. The molecule has 32 heavy (non-hydrogen) atoms. The molecule has 2 heterocycles. The number of hydrogen-bond donors (Lipinski definition) is 0. The minimum absolute atomic E-state index is 0.0154. The van der Waals surface area contributed by atoms with Crippen molar-refractivity contribution in [2.24, 2.45) is 0 Å². The number of benzene rings is 1. The monoisotopic (exact) mass is 449 g/mol. The third-order valence-electron chi connectivity index (χ3n) is 5.53. The molecule has 1 unspecified atom stereocenters. The van der Waals surface area contributed by atoms with Gasteiger partial charge in [-0.2, -0.15) is 0 Å². The van der Waals surface area contributed by atoms with E-state index in [1.54, 1.807) is 11.8 Å². The normalized spacial score (nSPS) is 19.2. The van der Waals surface area contributed by atoms with Crippen LogP contribution in [0.1, 0.15) is 19.5 Å². The molecule has 3 rings (SSSR count). The highest BCUT2D eigenvalue weighted by Crippen LogP contribution is 2.21. The molecule has 0 spiro atoms. The first-order valence-electron chi connectivity index (χ1n) is 11.2. The Morgan fingerprint density at radius 2 is 1.53 bits per heavy atom. The van der Waals surface area contributed by atoms with Crippen LogP contribution in [0.4, 0.5) is 0 Å². The van der Waals surface area contributed by atoms with E-state index < -0.39 is 0 Å². The molecule has 2 aromatic rings. The SMILES string of the molecule is CC(=O)N(C)C(CCN1CCOCCOCCOCCOCC1)n1nnc2ccccc21. The van der Waals surface area contributed by atoms with Crippen molar-refractivity contribution in [1.29, 1.82) is 0 Å². The third kappa shape index (κ3) is 7.49. The van der Waals surface area contributed by atoms with E-state index in [-0.39, 0.29) is 12.1 Å². The Labute approximate surface area is 189 Å². The summed E-state index contributed by atoms with van der Waals surface area (Å²) in [7, 11) is 1.81. The first-order valence-corrected chi connectivity index (χ1v) is 11.2. The molecule has 1 fully saturated rings. The summed E-state index contributed by atoms with van der Waals surface area (Å²) in [6, 6.07) is 7.80. The lowest BCUT2D eigenvalue weighted by Crippen LogP contribution is -2.38. The van der Waals surface area contributed by atoms with E-state index in [0.29, 0.717) is 59.3 Å². The molecule has 0 N–H and O–H groups in total. The van der Waals surface area contributed by atoms with Crippen LogP contribution in [0.3, 0.4) is 0 Å². The van der Waals surface area contributed by atoms with Crippen molar-refractivity contribution in [2.75, 3.05) is 79.5 Å². The minimum atomic E-state index is -0.236. The smallest absolute Gasteiger partial charge is 0.220 e. The van der Waals surface area contributed by atoms with Gasteiger partial charge in [-0.3, -0.25) is 9.69 Å². The summed E-state index contributed by atoms with van der Waals surface area (Å²) < 4.78 is 24.2. The summed E-state index contributed by atoms with van der Waals surface area (Å²) in [5, 5.41) is 8.62. The molecule has 1 aliphatic heterocycles. The van der Waals surface area contributed by atoms with E-state index in [1.807, 2.05) is 36.0 Å². The molecular formula is C22H35N5O5. The molecule has 178 valence electrons. The van der Waals surface area contributed by atoms with E-state index in [2.05, 4.69) is 15.2 Å². The van der Waals surface area contributed by atoms with Gasteiger partial charge in [0.15, 0.2) is 0 Å². The van der Waals surface area contributed by atoms with Crippen molar-refractivity contribution in [3.05, 3.63) is 24.3 Å². The number of aromatic nitrogens is 3. The Balaban J connectivity index is 1.64. The lowest BCUT2D eigenvalue weighted by molar-refractivity contribution is -0.131. The molecule has 1 atom stereocenters. The number of rotatable bonds is 5. The number of hydrogen-bond acceptors (Lipinski definition) is 8. The van der Waals surface area contributed by atoms with Gasteiger partial charge >= 0.3 is 0 Å². The van der Waals surface area contributed by atoms with E-state index in [9.17, 15) is 4.79 Å². The molecule has 1 aliphatic rings. The fraction of sp³-hybridized carbons (Fsp3) is 0.682. The van der Waals surface area contributed by atoms with Gasteiger partial charge in [-0.1, -0.05) is 17.3 Å². The maximum Gasteiger partial charge on any atom is 0.220 e. The van der Waals surface area contributed by atoms with Crippen LogP contribution in [-0.2, 0) is 23.7 Å². The first kappa shape index (κ1) is 24.5. The second-order valence-electron chi connectivity index (χ2n) is 7.71. The van der Waals surface area contributed by atoms with Gasteiger partial charge in [-0.05, 0) is 12.1 Å². The molecule has 0 bridgehead atoms. The van der Waals surface area contributed by atoms with E-state index in [1.165, 1.54) is 0 Å². The molecule has 0 saturated carbocycles. The number of ether oxygens (including phenoxy) is 4. The first-order chi connectivity index (χ1) is 15.7. The van der Waals surface area contributed by atoms with Crippen LogP contribution in [0, 0.1) is 0 Å². The van der Waals surface area contributed by atoms with E-state index in [0.717, 1.165) is 30.7 Å². The van der Waals surface area contributed by atoms with Crippen molar-refractivity contribution >= 4 is 16.9 Å². The fourth-order valence-electron chi connectivity index (χ4n) is 3.58. The number of fused-ring (bicyclic) bond motifs is 1. The largest absolute Gasteiger partial charge is 0.378 e. The summed E-state index contributed by atoms with van der Waals surface area (Å²) >= 11 is 0. The molecule has 0 radical (unpaired) electrons. The Kier molecular flexibility index (Phi) is 10.3. The zero-order valence-electron chi connectivity index (χ0n) is 19.1. The predicted octanol–water partition coefficient (Wildman–Crippen LogP) is 1.18. The maximum absolute atomic E-state index is 12.2. The second kappa shape index (κ2) is 13.4. The van der Waals surface area contributed by atoms with Crippen molar-refractivity contribution in [3.63, 3.8) is 0 Å². The Morgan fingerprint density at radius 1 is 0.969 bits per heavy atom. The van der Waals surface area contributed by atoms with Crippen molar-refractivity contribution in [2.45, 2.75) is 19.5 Å². The second-order valence-corrected chi connectivity index (χ2v) is 7.71. The van der Waals surface area contributed by atoms with Gasteiger partial charge in [0.2, 0.25) is 5.91 Å². The molecule has 10 heteroatoms. The van der Waals surface area contributed by atoms with Crippen LogP contribution in [0.2, 0.25) is 0 Å². The summed E-state index contributed by atoms with van der Waals surface area (Å²) in [6.45, 7) is 8.47. The number of carbonyl (C=O) groups is 1. The fourth-order valence-corrected chi connectivity index (χ4v) is 3.58. The maximum atomic E-state index is 12.2. The van der Waals surface area contributed by atoms with E-state index >= 15 is 0 Å². The predicted molar refractivity (Wildman–Crippen MR) is 119 cm³/mol. The molecule has 10 nitrogen and oxygen atoms in total. The quantitative estimate of drug-likeness (QED) is 0.672. The molecule has 1 aromatic heterocycles. The van der Waals surface area contributed by atoms with Crippen molar-refractivity contribution in [1.82, 2.24) is 24.8 Å². The minimum Gasteiger partial charge on any atom is -0.378 e. The van der Waals surface area contributed by atoms with E-state index in [4.69, 9.17) is 18.9 Å². The van der Waals surface area contributed by atoms with Crippen LogP contribution in [0.15, 0.2) is 24.3 Å². The Hall–Kier alpha value is -2.11. The summed E-state index contributed by atoms with van der Waals surface area (Å²) in [5.74, 6) is -0.0154. The average molecular weight is 450 g/mol. The van der Waals surface area contributed by atoms with Crippen LogP contribution < -0.4 is 0 Å². The highest BCUT2D eigenvalue weighted by Gasteiger charge is 2.23. The van der Waals surface area contributed by atoms with Crippen LogP contribution in [-0.4, -0.2) is 110 Å². The van der Waals surface area contributed by atoms with Gasteiger partial charge in [0.1, 0.15) is 11.7 Å². The Morgan fingerprint density at radius 3 is 2.12 bits per heavy atom. The topological polar surface area (TPSA) is 91.2 Å². The number of carbonyl (C=O) groups excluding carboxylic acids is 1. The zero-order valence-corrected chi connectivity index (χ0v) is 19.1. The Bertz CT molecular complexity index is 801. The third-order valence-corrected chi connectivity index (χ3v) is 5.53. The summed E-state index contributed by atoms with van der Waals surface area (Å²) in [4.78, 5) is 16.2. The lowest BCUT2D eigenvalue weighted by Gasteiger charge is -2.30. The van der Waals surface area contributed by atoms with Gasteiger partial charge in [0, 0.05) is 40.0 Å². The average Bonchev–Trinajstić information content (AvgIpc) is 3.21. The van der Waals surface area contributed by atoms with Crippen LogP contribution >= 0.6 is 0 Å². The molecule has 1 aromatic carbocycles. The van der Waals surface area contributed by atoms with Crippen LogP contribution in [0.25, 0.3) is 11.0 Å². The summed E-state index contributed by atoms with van der Waals surface area (Å²) in [6.07, 6.45) is 0.468.